The second-order valence-corrected chi connectivity index (χ2v) is 5.73. The van der Waals surface area contributed by atoms with Gasteiger partial charge in [-0.15, -0.1) is 12.4 Å². The number of nitrogens with zero attached hydrogens (tertiary/aromatic N) is 1. The molecule has 0 saturated carbocycles. The molecule has 22 heavy (non-hydrogen) atoms. The molecule has 0 radical (unpaired) electrons. The summed E-state index contributed by atoms with van der Waals surface area (Å²) in [6, 6.07) is 7.28. The third kappa shape index (κ3) is 5.41. The van der Waals surface area contributed by atoms with E-state index in [1.54, 1.807) is 31.4 Å². The summed E-state index contributed by atoms with van der Waals surface area (Å²) in [6.45, 7) is 1.71. The Hall–Kier alpha value is -0.850. The largest absolute Gasteiger partial charge is 0.381 e. The van der Waals surface area contributed by atoms with E-state index in [9.17, 15) is 4.79 Å². The molecule has 0 spiro atoms. The van der Waals surface area contributed by atoms with Crippen LogP contribution in [0.1, 0.15) is 12.8 Å². The van der Waals surface area contributed by atoms with E-state index in [0.717, 1.165) is 25.1 Å². The van der Waals surface area contributed by atoms with Crippen molar-refractivity contribution in [2.45, 2.75) is 25.0 Å². The Bertz CT molecular complexity index is 470. The third-order valence-electron chi connectivity index (χ3n) is 3.87. The maximum atomic E-state index is 12.1. The molecule has 0 aliphatic carbocycles. The topological polar surface area (TPSA) is 67.6 Å². The first-order valence-corrected chi connectivity index (χ1v) is 7.52. The van der Waals surface area contributed by atoms with Crippen LogP contribution in [0.15, 0.2) is 24.3 Å². The van der Waals surface area contributed by atoms with E-state index < -0.39 is 0 Å². The maximum Gasteiger partial charge on any atom is 0.238 e. The molecule has 1 aromatic rings. The molecule has 1 heterocycles. The molecule has 124 valence electrons. The molecule has 3 N–H and O–H groups in total. The number of halogens is 2. The fourth-order valence-corrected chi connectivity index (χ4v) is 2.77. The van der Waals surface area contributed by atoms with Gasteiger partial charge in [0.25, 0.3) is 0 Å². The van der Waals surface area contributed by atoms with Crippen molar-refractivity contribution in [1.82, 2.24) is 4.90 Å². The normalized spacial score (nSPS) is 22.0. The van der Waals surface area contributed by atoms with Crippen LogP contribution in [0.3, 0.4) is 0 Å². The summed E-state index contributed by atoms with van der Waals surface area (Å²) < 4.78 is 5.39. The molecule has 1 aromatic carbocycles. The number of benzene rings is 1. The number of amides is 1. The summed E-state index contributed by atoms with van der Waals surface area (Å²) in [5.74, 6) is -0.0355. The van der Waals surface area contributed by atoms with Gasteiger partial charge in [0, 0.05) is 37.0 Å². The van der Waals surface area contributed by atoms with Gasteiger partial charge in [0.1, 0.15) is 0 Å². The first-order chi connectivity index (χ1) is 10.1. The summed E-state index contributed by atoms with van der Waals surface area (Å²) in [7, 11) is 1.72. The Kier molecular flexibility index (Phi) is 8.14. The van der Waals surface area contributed by atoms with Gasteiger partial charge in [0.2, 0.25) is 5.91 Å². The van der Waals surface area contributed by atoms with Crippen molar-refractivity contribution in [3.05, 3.63) is 29.3 Å². The van der Waals surface area contributed by atoms with E-state index >= 15 is 0 Å². The minimum Gasteiger partial charge on any atom is -0.381 e. The van der Waals surface area contributed by atoms with Gasteiger partial charge >= 0.3 is 0 Å². The van der Waals surface area contributed by atoms with Crippen molar-refractivity contribution in [1.29, 1.82) is 0 Å². The highest BCUT2D eigenvalue weighted by atomic mass is 35.5. The minimum absolute atomic E-state index is 0. The second kappa shape index (κ2) is 9.33. The van der Waals surface area contributed by atoms with Gasteiger partial charge in [0.15, 0.2) is 0 Å². The van der Waals surface area contributed by atoms with Gasteiger partial charge in [0.05, 0.1) is 12.6 Å². The summed E-state index contributed by atoms with van der Waals surface area (Å²) >= 11 is 5.82. The number of hydrogen-bond donors (Lipinski definition) is 2. The van der Waals surface area contributed by atoms with Crippen LogP contribution < -0.4 is 11.1 Å². The van der Waals surface area contributed by atoms with Crippen LogP contribution in [-0.4, -0.2) is 49.7 Å². The van der Waals surface area contributed by atoms with Crippen molar-refractivity contribution < 1.29 is 9.53 Å². The van der Waals surface area contributed by atoms with Crippen LogP contribution in [0.4, 0.5) is 5.69 Å². The van der Waals surface area contributed by atoms with E-state index in [2.05, 4.69) is 10.2 Å². The number of ether oxygens (including phenoxy) is 1. The monoisotopic (exact) mass is 347 g/mol. The summed E-state index contributed by atoms with van der Waals surface area (Å²) in [5, 5.41) is 3.53. The van der Waals surface area contributed by atoms with Crippen LogP contribution in [0.25, 0.3) is 0 Å². The highest BCUT2D eigenvalue weighted by molar-refractivity contribution is 6.30. The lowest BCUT2D eigenvalue weighted by atomic mass is 9.99. The SMILES string of the molecule is COC1CCN(CC(=O)Nc2ccc(Cl)cc2)C(CN)C1.Cl. The molecule has 2 atom stereocenters. The number of rotatable bonds is 5. The number of piperidine rings is 1. The van der Waals surface area contributed by atoms with Crippen LogP contribution >= 0.6 is 24.0 Å². The fraction of sp³-hybridized carbons (Fsp3) is 0.533. The number of nitrogens with one attached hydrogen (secondary N) is 1. The number of methoxy groups -OCH3 is 1. The number of carbonyl (C=O) groups is 1. The molecule has 0 aromatic heterocycles. The molecule has 5 nitrogen and oxygen atoms in total. The predicted octanol–water partition coefficient (Wildman–Crippen LogP) is 2.14. The smallest absolute Gasteiger partial charge is 0.238 e. The second-order valence-electron chi connectivity index (χ2n) is 5.30. The lowest BCUT2D eigenvalue weighted by Gasteiger charge is -2.37. The highest BCUT2D eigenvalue weighted by Crippen LogP contribution is 2.19. The van der Waals surface area contributed by atoms with E-state index in [0.29, 0.717) is 18.1 Å². The number of carbonyl (C=O) groups excluding carboxylic acids is 1. The molecule has 1 fully saturated rings. The van der Waals surface area contributed by atoms with Crippen molar-refractivity contribution in [3.63, 3.8) is 0 Å². The first-order valence-electron chi connectivity index (χ1n) is 7.14. The lowest BCUT2D eigenvalue weighted by molar-refractivity contribution is -0.118. The molecule has 1 amide bonds. The van der Waals surface area contributed by atoms with Gasteiger partial charge in [-0.3, -0.25) is 9.69 Å². The number of anilines is 1. The minimum atomic E-state index is -0.0355. The molecular formula is C15H23Cl2N3O2. The van der Waals surface area contributed by atoms with Crippen molar-refractivity contribution >= 4 is 35.6 Å². The van der Waals surface area contributed by atoms with Crippen LogP contribution in [-0.2, 0) is 9.53 Å². The van der Waals surface area contributed by atoms with Gasteiger partial charge in [-0.2, -0.15) is 0 Å². The first kappa shape index (κ1) is 19.2. The van der Waals surface area contributed by atoms with E-state index in [1.807, 2.05) is 0 Å². The van der Waals surface area contributed by atoms with Crippen LogP contribution in [0.2, 0.25) is 5.02 Å². The molecule has 0 bridgehead atoms. The lowest BCUT2D eigenvalue weighted by Crippen LogP contribution is -2.50. The quantitative estimate of drug-likeness (QED) is 0.856. The predicted molar refractivity (Wildman–Crippen MR) is 91.8 cm³/mol. The average Bonchev–Trinajstić information content (AvgIpc) is 2.50. The van der Waals surface area contributed by atoms with E-state index in [-0.39, 0.29) is 30.5 Å². The Morgan fingerprint density at radius 3 is 2.73 bits per heavy atom. The number of hydrogen-bond acceptors (Lipinski definition) is 4. The van der Waals surface area contributed by atoms with Gasteiger partial charge < -0.3 is 15.8 Å². The standard InChI is InChI=1S/C15H22ClN3O2.ClH/c1-21-14-6-7-19(13(8-14)9-17)10-15(20)18-12-4-2-11(16)3-5-12;/h2-5,13-14H,6-10,17H2,1H3,(H,18,20);1H. The molecule has 2 rings (SSSR count). The average molecular weight is 348 g/mol. The van der Waals surface area contributed by atoms with Crippen molar-refractivity contribution in [2.75, 3.05) is 32.1 Å². The van der Waals surface area contributed by atoms with Gasteiger partial charge in [-0.25, -0.2) is 0 Å². The molecule has 7 heteroatoms. The highest BCUT2D eigenvalue weighted by Gasteiger charge is 2.28. The zero-order valence-corrected chi connectivity index (χ0v) is 14.2. The summed E-state index contributed by atoms with van der Waals surface area (Å²) in [4.78, 5) is 14.2. The zero-order valence-electron chi connectivity index (χ0n) is 12.6. The van der Waals surface area contributed by atoms with Crippen molar-refractivity contribution in [2.24, 2.45) is 5.73 Å². The Balaban J connectivity index is 0.00000242. The van der Waals surface area contributed by atoms with E-state index in [1.165, 1.54) is 0 Å². The molecular weight excluding hydrogens is 325 g/mol. The van der Waals surface area contributed by atoms with Crippen LogP contribution in [0.5, 0.6) is 0 Å². The molecule has 2 unspecified atom stereocenters. The number of nitrogens with two attached hydrogens (primary N) is 1. The Labute approximate surface area is 142 Å². The molecule has 1 aliphatic heterocycles. The summed E-state index contributed by atoms with van der Waals surface area (Å²) in [6.07, 6.45) is 2.05. The fourth-order valence-electron chi connectivity index (χ4n) is 2.65. The summed E-state index contributed by atoms with van der Waals surface area (Å²) in [5.41, 5.74) is 6.56. The molecule has 1 aliphatic rings. The zero-order chi connectivity index (χ0) is 15.2. The van der Waals surface area contributed by atoms with Crippen LogP contribution in [0, 0.1) is 0 Å². The van der Waals surface area contributed by atoms with Crippen molar-refractivity contribution in [3.8, 4) is 0 Å². The third-order valence-corrected chi connectivity index (χ3v) is 4.12. The number of likely N-dealkylation sites (tertiary alicyclic amines) is 1. The Morgan fingerprint density at radius 2 is 2.14 bits per heavy atom. The van der Waals surface area contributed by atoms with E-state index in [4.69, 9.17) is 22.1 Å². The molecule has 1 saturated heterocycles. The maximum absolute atomic E-state index is 12.1. The van der Waals surface area contributed by atoms with Gasteiger partial charge in [-0.1, -0.05) is 11.6 Å². The van der Waals surface area contributed by atoms with Gasteiger partial charge in [-0.05, 0) is 37.1 Å². The Morgan fingerprint density at radius 1 is 1.45 bits per heavy atom.